The number of rotatable bonds is 3. The number of nitrogens with one attached hydrogen (secondary N) is 1. The van der Waals surface area contributed by atoms with Crippen molar-refractivity contribution in [3.8, 4) is 0 Å². The normalized spacial score (nSPS) is 9.94. The van der Waals surface area contributed by atoms with Gasteiger partial charge < -0.3 is 5.32 Å². The van der Waals surface area contributed by atoms with E-state index in [9.17, 15) is 9.18 Å². The number of halogens is 1. The van der Waals surface area contributed by atoms with Crippen LogP contribution in [0.25, 0.3) is 0 Å². The molecule has 2 aromatic carbocycles. The first-order valence-corrected chi connectivity index (χ1v) is 5.33. The molecule has 0 unspecified atom stereocenters. The lowest BCUT2D eigenvalue weighted by Crippen LogP contribution is -2.14. The first-order valence-electron chi connectivity index (χ1n) is 5.33. The molecule has 0 bridgehead atoms. The zero-order chi connectivity index (χ0) is 12.1. The van der Waals surface area contributed by atoms with Crippen molar-refractivity contribution in [2.24, 2.45) is 0 Å². The first-order chi connectivity index (χ1) is 8.24. The van der Waals surface area contributed by atoms with Crippen LogP contribution < -0.4 is 5.32 Å². The van der Waals surface area contributed by atoms with Crippen LogP contribution in [0.1, 0.15) is 5.56 Å². The molecular weight excluding hydrogens is 217 g/mol. The topological polar surface area (TPSA) is 29.1 Å². The highest BCUT2D eigenvalue weighted by molar-refractivity contribution is 5.92. The van der Waals surface area contributed by atoms with Crippen LogP contribution in [0.2, 0.25) is 0 Å². The lowest BCUT2D eigenvalue weighted by Gasteiger charge is -2.05. The van der Waals surface area contributed by atoms with Crippen molar-refractivity contribution >= 4 is 11.6 Å². The summed E-state index contributed by atoms with van der Waals surface area (Å²) in [5.41, 5.74) is 1.41. The van der Waals surface area contributed by atoms with Gasteiger partial charge >= 0.3 is 0 Å². The summed E-state index contributed by atoms with van der Waals surface area (Å²) in [6, 6.07) is 15.3. The number of benzene rings is 2. The minimum absolute atomic E-state index is 0.151. The van der Waals surface area contributed by atoms with E-state index in [0.29, 0.717) is 5.69 Å². The second-order valence-electron chi connectivity index (χ2n) is 3.72. The standard InChI is InChI=1S/C14H12FNO/c15-12-7-4-8-13(10-12)16-14(17)9-11-5-2-1-3-6-11/h1-8,10H,9H2,(H,16,17). The van der Waals surface area contributed by atoms with Gasteiger partial charge in [0.2, 0.25) is 5.91 Å². The van der Waals surface area contributed by atoms with Gasteiger partial charge in [-0.1, -0.05) is 36.4 Å². The molecule has 0 heterocycles. The fourth-order valence-electron chi connectivity index (χ4n) is 1.55. The highest BCUT2D eigenvalue weighted by Gasteiger charge is 2.03. The van der Waals surface area contributed by atoms with E-state index in [1.54, 1.807) is 12.1 Å². The van der Waals surface area contributed by atoms with Crippen LogP contribution in [0.3, 0.4) is 0 Å². The molecule has 17 heavy (non-hydrogen) atoms. The fraction of sp³-hybridized carbons (Fsp3) is 0.0714. The highest BCUT2D eigenvalue weighted by Crippen LogP contribution is 2.10. The molecule has 2 aromatic rings. The number of anilines is 1. The molecule has 0 fully saturated rings. The maximum absolute atomic E-state index is 12.9. The second kappa shape index (κ2) is 5.25. The molecule has 0 aliphatic rings. The van der Waals surface area contributed by atoms with Crippen LogP contribution in [0, 0.1) is 5.82 Å². The minimum atomic E-state index is -0.359. The summed E-state index contributed by atoms with van der Waals surface area (Å²) in [5, 5.41) is 2.65. The summed E-state index contributed by atoms with van der Waals surface area (Å²) >= 11 is 0. The third-order valence-corrected chi connectivity index (χ3v) is 2.32. The van der Waals surface area contributed by atoms with Gasteiger partial charge in [-0.3, -0.25) is 4.79 Å². The van der Waals surface area contributed by atoms with Gasteiger partial charge in [0, 0.05) is 5.69 Å². The predicted molar refractivity (Wildman–Crippen MR) is 65.2 cm³/mol. The summed E-state index contributed by atoms with van der Waals surface area (Å²) < 4.78 is 12.9. The number of amides is 1. The molecule has 0 radical (unpaired) electrons. The average molecular weight is 229 g/mol. The zero-order valence-electron chi connectivity index (χ0n) is 9.19. The minimum Gasteiger partial charge on any atom is -0.326 e. The lowest BCUT2D eigenvalue weighted by molar-refractivity contribution is -0.115. The molecule has 0 aliphatic carbocycles. The maximum Gasteiger partial charge on any atom is 0.228 e. The van der Waals surface area contributed by atoms with E-state index in [0.717, 1.165) is 5.56 Å². The van der Waals surface area contributed by atoms with Crippen LogP contribution in [-0.4, -0.2) is 5.91 Å². The molecule has 0 atom stereocenters. The summed E-state index contributed by atoms with van der Waals surface area (Å²) in [6.45, 7) is 0. The lowest BCUT2D eigenvalue weighted by atomic mass is 10.1. The van der Waals surface area contributed by atoms with E-state index in [4.69, 9.17) is 0 Å². The molecule has 2 nitrogen and oxygen atoms in total. The van der Waals surface area contributed by atoms with Gasteiger partial charge in [0.25, 0.3) is 0 Å². The second-order valence-corrected chi connectivity index (χ2v) is 3.72. The monoisotopic (exact) mass is 229 g/mol. The third kappa shape index (κ3) is 3.41. The quantitative estimate of drug-likeness (QED) is 0.861. The van der Waals surface area contributed by atoms with Crippen molar-refractivity contribution in [2.45, 2.75) is 6.42 Å². The number of carbonyl (C=O) groups excluding carboxylic acids is 1. The SMILES string of the molecule is O=C(Cc1ccccc1)Nc1cccc(F)c1. The molecule has 1 amide bonds. The van der Waals surface area contributed by atoms with Gasteiger partial charge in [-0.15, -0.1) is 0 Å². The summed E-state index contributed by atoms with van der Waals surface area (Å²) in [6.07, 6.45) is 0.289. The van der Waals surface area contributed by atoms with Crippen molar-refractivity contribution < 1.29 is 9.18 Å². The van der Waals surface area contributed by atoms with Gasteiger partial charge in [-0.25, -0.2) is 4.39 Å². The van der Waals surface area contributed by atoms with Gasteiger partial charge in [-0.2, -0.15) is 0 Å². The Morgan fingerprint density at radius 2 is 1.82 bits per heavy atom. The summed E-state index contributed by atoms with van der Waals surface area (Å²) in [4.78, 5) is 11.7. The molecule has 0 saturated carbocycles. The molecule has 0 spiro atoms. The molecule has 0 aromatic heterocycles. The van der Waals surface area contributed by atoms with Crippen LogP contribution in [0.4, 0.5) is 10.1 Å². The van der Waals surface area contributed by atoms with Gasteiger partial charge in [0.05, 0.1) is 6.42 Å². The van der Waals surface area contributed by atoms with Crippen molar-refractivity contribution in [3.05, 3.63) is 66.0 Å². The van der Waals surface area contributed by atoms with Gasteiger partial charge in [0.1, 0.15) is 5.82 Å². The average Bonchev–Trinajstić information content (AvgIpc) is 2.30. The van der Waals surface area contributed by atoms with Gasteiger partial charge in [0.15, 0.2) is 0 Å². The molecule has 1 N–H and O–H groups in total. The Kier molecular flexibility index (Phi) is 3.50. The van der Waals surface area contributed by atoms with E-state index >= 15 is 0 Å². The molecule has 86 valence electrons. The van der Waals surface area contributed by atoms with Crippen molar-refractivity contribution in [1.82, 2.24) is 0 Å². The summed E-state index contributed by atoms with van der Waals surface area (Å²) in [7, 11) is 0. The Bertz CT molecular complexity index is 511. The number of hydrogen-bond acceptors (Lipinski definition) is 1. The van der Waals surface area contributed by atoms with E-state index < -0.39 is 0 Å². The van der Waals surface area contributed by atoms with E-state index in [1.807, 2.05) is 30.3 Å². The molecule has 0 aliphatic heterocycles. The zero-order valence-corrected chi connectivity index (χ0v) is 9.19. The Balaban J connectivity index is 1.98. The third-order valence-electron chi connectivity index (χ3n) is 2.32. The Labute approximate surface area is 99.1 Å². The molecule has 2 rings (SSSR count). The largest absolute Gasteiger partial charge is 0.326 e. The van der Waals surface area contributed by atoms with Crippen LogP contribution in [0.5, 0.6) is 0 Å². The predicted octanol–water partition coefficient (Wildman–Crippen LogP) is 3.01. The number of carbonyl (C=O) groups is 1. The van der Waals surface area contributed by atoms with Crippen LogP contribution in [-0.2, 0) is 11.2 Å². The van der Waals surface area contributed by atoms with E-state index in [1.165, 1.54) is 12.1 Å². The maximum atomic E-state index is 12.9. The Hall–Kier alpha value is -2.16. The Morgan fingerprint density at radius 3 is 2.53 bits per heavy atom. The van der Waals surface area contributed by atoms with Crippen LogP contribution >= 0.6 is 0 Å². The van der Waals surface area contributed by atoms with Crippen molar-refractivity contribution in [2.75, 3.05) is 5.32 Å². The highest BCUT2D eigenvalue weighted by atomic mass is 19.1. The molecule has 3 heteroatoms. The van der Waals surface area contributed by atoms with Crippen molar-refractivity contribution in [1.29, 1.82) is 0 Å². The van der Waals surface area contributed by atoms with E-state index in [-0.39, 0.29) is 18.1 Å². The number of hydrogen-bond donors (Lipinski definition) is 1. The van der Waals surface area contributed by atoms with Crippen molar-refractivity contribution in [3.63, 3.8) is 0 Å². The van der Waals surface area contributed by atoms with Gasteiger partial charge in [-0.05, 0) is 23.8 Å². The van der Waals surface area contributed by atoms with Crippen LogP contribution in [0.15, 0.2) is 54.6 Å². The molecule has 0 saturated heterocycles. The Morgan fingerprint density at radius 1 is 1.06 bits per heavy atom. The first kappa shape index (κ1) is 11.3. The smallest absolute Gasteiger partial charge is 0.228 e. The van der Waals surface area contributed by atoms with E-state index in [2.05, 4.69) is 5.32 Å². The fourth-order valence-corrected chi connectivity index (χ4v) is 1.55. The summed E-state index contributed by atoms with van der Waals surface area (Å²) in [5.74, 6) is -0.510. The molecular formula is C14H12FNO.